The van der Waals surface area contributed by atoms with Gasteiger partial charge in [0.2, 0.25) is 5.79 Å². The topological polar surface area (TPSA) is 25.0 Å². The Morgan fingerprint density at radius 3 is 3.18 bits per heavy atom. The highest BCUT2D eigenvalue weighted by molar-refractivity contribution is 4.95. The van der Waals surface area contributed by atoms with Gasteiger partial charge in [-0.3, -0.25) is 4.90 Å². The predicted molar refractivity (Wildman–Crippen MR) is 41.1 cm³/mol. The predicted octanol–water partition coefficient (Wildman–Crippen LogP) is 0.801. The van der Waals surface area contributed by atoms with Gasteiger partial charge < -0.3 is 9.47 Å². The standard InChI is InChI=1S/C8H15NO2/c1-3-4-8-7(11-8)9(2)5-6-10-8/h7H,3-6H2,1-2H3. The van der Waals surface area contributed by atoms with Crippen LogP contribution in [0.15, 0.2) is 0 Å². The molecule has 2 aliphatic heterocycles. The van der Waals surface area contributed by atoms with E-state index in [-0.39, 0.29) is 12.0 Å². The number of hydrogen-bond donors (Lipinski definition) is 0. The third-order valence-corrected chi connectivity index (χ3v) is 2.42. The van der Waals surface area contributed by atoms with Gasteiger partial charge in [-0.15, -0.1) is 0 Å². The van der Waals surface area contributed by atoms with E-state index in [4.69, 9.17) is 9.47 Å². The summed E-state index contributed by atoms with van der Waals surface area (Å²) in [6, 6.07) is 0. The molecule has 2 rings (SSSR count). The molecule has 0 aromatic rings. The quantitative estimate of drug-likeness (QED) is 0.554. The molecule has 0 aliphatic carbocycles. The zero-order valence-corrected chi connectivity index (χ0v) is 7.17. The number of rotatable bonds is 2. The molecule has 2 fully saturated rings. The smallest absolute Gasteiger partial charge is 0.210 e. The summed E-state index contributed by atoms with van der Waals surface area (Å²) in [5.74, 6) is -0.207. The van der Waals surface area contributed by atoms with Gasteiger partial charge in [-0.25, -0.2) is 0 Å². The van der Waals surface area contributed by atoms with Crippen molar-refractivity contribution >= 4 is 0 Å². The lowest BCUT2D eigenvalue weighted by Gasteiger charge is -2.24. The molecular weight excluding hydrogens is 142 g/mol. The molecule has 0 amide bonds. The van der Waals surface area contributed by atoms with Crippen LogP contribution in [0.3, 0.4) is 0 Å². The highest BCUT2D eigenvalue weighted by atomic mass is 16.8. The van der Waals surface area contributed by atoms with Gasteiger partial charge in [0.1, 0.15) is 0 Å². The zero-order chi connectivity index (χ0) is 7.90. The minimum Gasteiger partial charge on any atom is -0.345 e. The molecule has 2 heterocycles. The van der Waals surface area contributed by atoms with Gasteiger partial charge >= 0.3 is 0 Å². The average Bonchev–Trinajstić information content (AvgIpc) is 2.65. The van der Waals surface area contributed by atoms with Crippen molar-refractivity contribution in [3.05, 3.63) is 0 Å². The normalized spacial score (nSPS) is 43.6. The summed E-state index contributed by atoms with van der Waals surface area (Å²) in [4.78, 5) is 2.22. The van der Waals surface area contributed by atoms with Crippen LogP contribution in [0.25, 0.3) is 0 Å². The number of hydrogen-bond acceptors (Lipinski definition) is 3. The van der Waals surface area contributed by atoms with E-state index >= 15 is 0 Å². The van der Waals surface area contributed by atoms with E-state index in [1.54, 1.807) is 0 Å². The molecule has 11 heavy (non-hydrogen) atoms. The monoisotopic (exact) mass is 157 g/mol. The van der Waals surface area contributed by atoms with Gasteiger partial charge in [-0.05, 0) is 7.05 Å². The first kappa shape index (κ1) is 7.53. The zero-order valence-electron chi connectivity index (χ0n) is 7.17. The second kappa shape index (κ2) is 2.44. The molecule has 0 N–H and O–H groups in total. The molecule has 64 valence electrons. The van der Waals surface area contributed by atoms with Gasteiger partial charge in [0.15, 0.2) is 6.23 Å². The van der Waals surface area contributed by atoms with Crippen LogP contribution in [0.4, 0.5) is 0 Å². The Bertz CT molecular complexity index is 158. The molecule has 2 atom stereocenters. The second-order valence-corrected chi connectivity index (χ2v) is 3.36. The Balaban J connectivity index is 1.97. The van der Waals surface area contributed by atoms with E-state index in [1.165, 1.54) is 0 Å². The van der Waals surface area contributed by atoms with Crippen LogP contribution in [-0.2, 0) is 9.47 Å². The minimum atomic E-state index is -0.207. The van der Waals surface area contributed by atoms with E-state index in [0.717, 1.165) is 26.0 Å². The van der Waals surface area contributed by atoms with Crippen molar-refractivity contribution < 1.29 is 9.47 Å². The summed E-state index contributed by atoms with van der Waals surface area (Å²) in [5, 5.41) is 0. The minimum absolute atomic E-state index is 0.207. The molecular formula is C8H15NO2. The number of nitrogens with zero attached hydrogens (tertiary/aromatic N) is 1. The Kier molecular flexibility index (Phi) is 1.67. The molecule has 0 bridgehead atoms. The number of fused-ring (bicyclic) bond motifs is 1. The van der Waals surface area contributed by atoms with Crippen molar-refractivity contribution in [3.8, 4) is 0 Å². The van der Waals surface area contributed by atoms with Crippen LogP contribution in [0.2, 0.25) is 0 Å². The van der Waals surface area contributed by atoms with Crippen LogP contribution in [0.5, 0.6) is 0 Å². The van der Waals surface area contributed by atoms with Crippen molar-refractivity contribution in [3.63, 3.8) is 0 Å². The Morgan fingerprint density at radius 2 is 2.45 bits per heavy atom. The van der Waals surface area contributed by atoms with Crippen LogP contribution < -0.4 is 0 Å². The maximum atomic E-state index is 5.59. The Hall–Kier alpha value is -0.120. The maximum absolute atomic E-state index is 5.59. The molecule has 2 saturated heterocycles. The molecule has 3 heteroatoms. The van der Waals surface area contributed by atoms with E-state index in [1.807, 2.05) is 0 Å². The van der Waals surface area contributed by atoms with Crippen molar-refractivity contribution in [2.75, 3.05) is 20.2 Å². The third-order valence-electron chi connectivity index (χ3n) is 2.42. The molecule has 2 aliphatic rings. The molecule has 0 radical (unpaired) electrons. The first-order valence-corrected chi connectivity index (χ1v) is 4.30. The van der Waals surface area contributed by atoms with Crippen LogP contribution in [0.1, 0.15) is 19.8 Å². The summed E-state index contributed by atoms with van der Waals surface area (Å²) in [7, 11) is 2.09. The number of ether oxygens (including phenoxy) is 2. The van der Waals surface area contributed by atoms with E-state index in [2.05, 4.69) is 18.9 Å². The van der Waals surface area contributed by atoms with E-state index in [0.29, 0.717) is 0 Å². The second-order valence-electron chi connectivity index (χ2n) is 3.36. The van der Waals surface area contributed by atoms with Gasteiger partial charge in [0.05, 0.1) is 6.61 Å². The van der Waals surface area contributed by atoms with Crippen molar-refractivity contribution in [2.24, 2.45) is 0 Å². The number of epoxide rings is 1. The summed E-state index contributed by atoms with van der Waals surface area (Å²) >= 11 is 0. The SMILES string of the molecule is CCCC12OCCN(C)C1O2. The highest BCUT2D eigenvalue weighted by Gasteiger charge is 2.61. The maximum Gasteiger partial charge on any atom is 0.210 e. The van der Waals surface area contributed by atoms with Crippen LogP contribution in [-0.4, -0.2) is 37.1 Å². The van der Waals surface area contributed by atoms with Crippen LogP contribution >= 0.6 is 0 Å². The summed E-state index contributed by atoms with van der Waals surface area (Å²) in [6.45, 7) is 3.97. The Labute approximate surface area is 67.3 Å². The van der Waals surface area contributed by atoms with Crippen molar-refractivity contribution in [2.45, 2.75) is 31.8 Å². The Morgan fingerprint density at radius 1 is 1.64 bits per heavy atom. The van der Waals surface area contributed by atoms with E-state index in [9.17, 15) is 0 Å². The molecule has 0 aromatic carbocycles. The van der Waals surface area contributed by atoms with Gasteiger partial charge in [0.25, 0.3) is 0 Å². The molecule has 0 spiro atoms. The first-order chi connectivity index (χ1) is 5.28. The molecule has 2 unspecified atom stereocenters. The van der Waals surface area contributed by atoms with Gasteiger partial charge in [-0.1, -0.05) is 13.3 Å². The lowest BCUT2D eigenvalue weighted by Crippen LogP contribution is -2.39. The average molecular weight is 157 g/mol. The fraction of sp³-hybridized carbons (Fsp3) is 1.00. The number of likely N-dealkylation sites (N-methyl/N-ethyl adjacent to an activating group) is 1. The highest BCUT2D eigenvalue weighted by Crippen LogP contribution is 2.45. The lowest BCUT2D eigenvalue weighted by molar-refractivity contribution is -0.0672. The molecule has 3 nitrogen and oxygen atoms in total. The fourth-order valence-electron chi connectivity index (χ4n) is 1.77. The largest absolute Gasteiger partial charge is 0.345 e. The molecule has 0 saturated carbocycles. The summed E-state index contributed by atoms with van der Waals surface area (Å²) in [6.07, 6.45) is 2.41. The fourth-order valence-corrected chi connectivity index (χ4v) is 1.77. The lowest BCUT2D eigenvalue weighted by atomic mass is 10.2. The first-order valence-electron chi connectivity index (χ1n) is 4.30. The van der Waals surface area contributed by atoms with Crippen molar-refractivity contribution in [1.82, 2.24) is 4.90 Å². The van der Waals surface area contributed by atoms with Gasteiger partial charge in [0, 0.05) is 13.0 Å². The molecule has 0 aromatic heterocycles. The van der Waals surface area contributed by atoms with E-state index < -0.39 is 0 Å². The third kappa shape index (κ3) is 1.08. The van der Waals surface area contributed by atoms with Crippen LogP contribution in [0, 0.1) is 0 Å². The summed E-state index contributed by atoms with van der Waals surface area (Å²) in [5.41, 5.74) is 0. The summed E-state index contributed by atoms with van der Waals surface area (Å²) < 4.78 is 11.1. The number of morpholine rings is 1. The van der Waals surface area contributed by atoms with Crippen molar-refractivity contribution in [1.29, 1.82) is 0 Å². The van der Waals surface area contributed by atoms with Gasteiger partial charge in [-0.2, -0.15) is 0 Å².